The Balaban J connectivity index is 1.50. The molecule has 166 valence electrons. The van der Waals surface area contributed by atoms with Crippen molar-refractivity contribution in [1.29, 1.82) is 0 Å². The maximum Gasteiger partial charge on any atom is 0.261 e. The molecule has 1 N–H and O–H groups in total. The molecule has 1 amide bonds. The molecule has 0 atom stereocenters. The maximum atomic E-state index is 13.0. The van der Waals surface area contributed by atoms with Crippen LogP contribution in [0.2, 0.25) is 0 Å². The molecule has 0 spiro atoms. The normalized spacial score (nSPS) is 12.8. The van der Waals surface area contributed by atoms with Gasteiger partial charge in [-0.05, 0) is 60.5 Å². The van der Waals surface area contributed by atoms with Crippen molar-refractivity contribution in [2.45, 2.75) is 18.4 Å². The summed E-state index contributed by atoms with van der Waals surface area (Å²) < 4.78 is 39.3. The molecule has 8 heteroatoms. The Bertz CT molecular complexity index is 1260. The first-order valence-electron chi connectivity index (χ1n) is 10.2. The number of anilines is 1. The molecule has 0 fully saturated rings. The van der Waals surface area contributed by atoms with Crippen molar-refractivity contribution in [3.63, 3.8) is 0 Å². The molecule has 1 aliphatic heterocycles. The van der Waals surface area contributed by atoms with Gasteiger partial charge in [0.05, 0.1) is 4.90 Å². The van der Waals surface area contributed by atoms with Crippen LogP contribution in [0, 0.1) is 6.92 Å². The molecule has 0 radical (unpaired) electrons. The third kappa shape index (κ3) is 4.86. The van der Waals surface area contributed by atoms with Gasteiger partial charge in [0.2, 0.25) is 0 Å². The van der Waals surface area contributed by atoms with Gasteiger partial charge in [-0.3, -0.25) is 9.52 Å². The van der Waals surface area contributed by atoms with Crippen molar-refractivity contribution in [3.05, 3.63) is 83.4 Å². The number of rotatable bonds is 6. The first kappa shape index (κ1) is 21.7. The molecule has 7 nitrogen and oxygen atoms in total. The fraction of sp³-hybridized carbons (Fsp3) is 0.208. The van der Waals surface area contributed by atoms with Gasteiger partial charge in [-0.15, -0.1) is 0 Å². The van der Waals surface area contributed by atoms with Crippen LogP contribution >= 0.6 is 0 Å². The number of fused-ring (bicyclic) bond motifs is 1. The molecule has 3 aromatic rings. The summed E-state index contributed by atoms with van der Waals surface area (Å²) in [7, 11) is -2.16. The van der Waals surface area contributed by atoms with Gasteiger partial charge in [0, 0.05) is 24.8 Å². The fourth-order valence-electron chi connectivity index (χ4n) is 3.47. The van der Waals surface area contributed by atoms with Crippen LogP contribution < -0.4 is 14.2 Å². The molecule has 0 saturated carbocycles. The summed E-state index contributed by atoms with van der Waals surface area (Å²) in [5.74, 6) is 1.06. The quantitative estimate of drug-likeness (QED) is 0.614. The largest absolute Gasteiger partial charge is 0.486 e. The van der Waals surface area contributed by atoms with Crippen molar-refractivity contribution in [1.82, 2.24) is 4.90 Å². The lowest BCUT2D eigenvalue weighted by Gasteiger charge is -2.21. The third-order valence-electron chi connectivity index (χ3n) is 5.03. The number of carbonyl (C=O) groups is 1. The Morgan fingerprint density at radius 1 is 0.969 bits per heavy atom. The van der Waals surface area contributed by atoms with E-state index in [1.54, 1.807) is 37.4 Å². The first-order valence-corrected chi connectivity index (χ1v) is 11.6. The highest BCUT2D eigenvalue weighted by molar-refractivity contribution is 7.92. The lowest BCUT2D eigenvalue weighted by atomic mass is 10.1. The van der Waals surface area contributed by atoms with Gasteiger partial charge in [-0.1, -0.05) is 24.3 Å². The zero-order chi connectivity index (χ0) is 22.7. The minimum absolute atomic E-state index is 0.0255. The third-order valence-corrected chi connectivity index (χ3v) is 6.41. The van der Waals surface area contributed by atoms with Crippen LogP contribution in [-0.4, -0.2) is 39.5 Å². The summed E-state index contributed by atoms with van der Waals surface area (Å²) in [4.78, 5) is 14.5. The van der Waals surface area contributed by atoms with Crippen LogP contribution in [0.25, 0.3) is 0 Å². The van der Waals surface area contributed by atoms with Crippen molar-refractivity contribution in [2.24, 2.45) is 0 Å². The molecule has 1 aliphatic rings. The van der Waals surface area contributed by atoms with Crippen LogP contribution in [0.5, 0.6) is 11.5 Å². The molecule has 0 unspecified atom stereocenters. The number of hydrogen-bond acceptors (Lipinski definition) is 5. The van der Waals surface area contributed by atoms with Gasteiger partial charge in [0.15, 0.2) is 11.5 Å². The lowest BCUT2D eigenvalue weighted by Crippen LogP contribution is -2.26. The summed E-state index contributed by atoms with van der Waals surface area (Å²) in [5, 5.41) is 0. The zero-order valence-electron chi connectivity index (χ0n) is 17.9. The van der Waals surface area contributed by atoms with Crippen LogP contribution in [0.3, 0.4) is 0 Å². The first-order chi connectivity index (χ1) is 15.3. The van der Waals surface area contributed by atoms with E-state index < -0.39 is 10.0 Å². The Morgan fingerprint density at radius 3 is 2.50 bits per heavy atom. The van der Waals surface area contributed by atoms with Crippen LogP contribution in [-0.2, 0) is 16.6 Å². The molecule has 0 bridgehead atoms. The van der Waals surface area contributed by atoms with Crippen molar-refractivity contribution >= 4 is 21.6 Å². The second-order valence-electron chi connectivity index (χ2n) is 7.64. The predicted molar refractivity (Wildman–Crippen MR) is 122 cm³/mol. The second kappa shape index (κ2) is 8.92. The number of benzene rings is 3. The monoisotopic (exact) mass is 452 g/mol. The number of ether oxygens (including phenoxy) is 2. The number of sulfonamides is 1. The van der Waals surface area contributed by atoms with Crippen molar-refractivity contribution < 1.29 is 22.7 Å². The summed E-state index contributed by atoms with van der Waals surface area (Å²) in [5.41, 5.74) is 2.58. The van der Waals surface area contributed by atoms with E-state index in [1.165, 1.54) is 17.0 Å². The molecular weight excluding hydrogens is 428 g/mol. The lowest BCUT2D eigenvalue weighted by molar-refractivity contribution is 0.0784. The highest BCUT2D eigenvalue weighted by atomic mass is 32.2. The Morgan fingerprint density at radius 2 is 1.72 bits per heavy atom. The molecule has 1 heterocycles. The summed E-state index contributed by atoms with van der Waals surface area (Å²) in [6, 6.07) is 18.7. The van der Waals surface area contributed by atoms with Gasteiger partial charge in [0.1, 0.15) is 13.2 Å². The Hall–Kier alpha value is -3.52. The summed E-state index contributed by atoms with van der Waals surface area (Å²) in [6.45, 7) is 3.23. The summed E-state index contributed by atoms with van der Waals surface area (Å²) in [6.07, 6.45) is 0. The minimum atomic E-state index is -3.83. The number of amides is 1. The standard InChI is InChI=1S/C24H24N2O5S/c1-17-5-3-7-20(13-17)25-32(28,29)21-8-4-6-19(15-21)24(27)26(2)16-18-9-10-22-23(14-18)31-12-11-30-22/h3-10,13-15,25H,11-12,16H2,1-2H3. The van der Waals surface area contributed by atoms with E-state index in [2.05, 4.69) is 4.72 Å². The van der Waals surface area contributed by atoms with E-state index in [4.69, 9.17) is 9.47 Å². The van der Waals surface area contributed by atoms with Crippen LogP contribution in [0.15, 0.2) is 71.6 Å². The number of nitrogens with one attached hydrogen (secondary N) is 1. The van der Waals surface area contributed by atoms with Gasteiger partial charge < -0.3 is 14.4 Å². The number of aryl methyl sites for hydroxylation is 1. The van der Waals surface area contributed by atoms with Crippen LogP contribution in [0.1, 0.15) is 21.5 Å². The maximum absolute atomic E-state index is 13.0. The molecular formula is C24H24N2O5S. The average molecular weight is 453 g/mol. The topological polar surface area (TPSA) is 84.9 Å². The number of hydrogen-bond donors (Lipinski definition) is 1. The molecule has 4 rings (SSSR count). The van der Waals surface area contributed by atoms with E-state index in [0.717, 1.165) is 11.1 Å². The SMILES string of the molecule is Cc1cccc(NS(=O)(=O)c2cccc(C(=O)N(C)Cc3ccc4c(c3)OCCO4)c2)c1. The van der Waals surface area contributed by atoms with Crippen molar-refractivity contribution in [3.8, 4) is 11.5 Å². The van der Waals surface area contributed by atoms with Crippen LogP contribution in [0.4, 0.5) is 5.69 Å². The van der Waals surface area contributed by atoms with Gasteiger partial charge in [-0.2, -0.15) is 0 Å². The molecule has 0 aromatic heterocycles. The predicted octanol–water partition coefficient (Wildman–Crippen LogP) is 3.84. The summed E-state index contributed by atoms with van der Waals surface area (Å²) >= 11 is 0. The zero-order valence-corrected chi connectivity index (χ0v) is 18.7. The van der Waals surface area contributed by atoms with Gasteiger partial charge >= 0.3 is 0 Å². The van der Waals surface area contributed by atoms with Crippen molar-refractivity contribution in [2.75, 3.05) is 25.0 Å². The smallest absolute Gasteiger partial charge is 0.261 e. The number of carbonyl (C=O) groups excluding carboxylic acids is 1. The molecule has 0 saturated heterocycles. The molecule has 32 heavy (non-hydrogen) atoms. The van der Waals surface area contributed by atoms with E-state index in [9.17, 15) is 13.2 Å². The highest BCUT2D eigenvalue weighted by Crippen LogP contribution is 2.31. The van der Waals surface area contributed by atoms with E-state index in [-0.39, 0.29) is 16.4 Å². The average Bonchev–Trinajstić information content (AvgIpc) is 2.78. The highest BCUT2D eigenvalue weighted by Gasteiger charge is 2.19. The van der Waals surface area contributed by atoms with Gasteiger partial charge in [-0.25, -0.2) is 8.42 Å². The van der Waals surface area contributed by atoms with Gasteiger partial charge in [0.25, 0.3) is 15.9 Å². The number of nitrogens with zero attached hydrogens (tertiary/aromatic N) is 1. The Labute approximate surface area is 187 Å². The van der Waals surface area contributed by atoms with E-state index in [0.29, 0.717) is 36.9 Å². The van der Waals surface area contributed by atoms with E-state index >= 15 is 0 Å². The second-order valence-corrected chi connectivity index (χ2v) is 9.32. The van der Waals surface area contributed by atoms with E-state index in [1.807, 2.05) is 31.2 Å². The molecule has 3 aromatic carbocycles. The Kier molecular flexibility index (Phi) is 6.05. The fourth-order valence-corrected chi connectivity index (χ4v) is 4.57. The minimum Gasteiger partial charge on any atom is -0.486 e. The molecule has 0 aliphatic carbocycles.